The second-order valence-corrected chi connectivity index (χ2v) is 5.11. The molecule has 0 radical (unpaired) electrons. The lowest BCUT2D eigenvalue weighted by atomic mass is 9.99. The fraction of sp³-hybridized carbons (Fsp3) is 0.312. The number of benzene rings is 1. The highest BCUT2D eigenvalue weighted by Crippen LogP contribution is 2.25. The van der Waals surface area contributed by atoms with Crippen LogP contribution in [0.2, 0.25) is 0 Å². The summed E-state index contributed by atoms with van der Waals surface area (Å²) in [7, 11) is 1.63. The Labute approximate surface area is 124 Å². The fourth-order valence-corrected chi connectivity index (χ4v) is 2.02. The van der Waals surface area contributed by atoms with Gasteiger partial charge in [0.15, 0.2) is 0 Å². The van der Waals surface area contributed by atoms with Crippen LogP contribution in [-0.2, 0) is 0 Å². The molecule has 2 aromatic rings. The monoisotopic (exact) mass is 284 g/mol. The van der Waals surface area contributed by atoms with Gasteiger partial charge in [0.2, 0.25) is 0 Å². The van der Waals surface area contributed by atoms with E-state index >= 15 is 0 Å². The number of anilines is 2. The van der Waals surface area contributed by atoms with Crippen LogP contribution in [0, 0.1) is 18.3 Å². The van der Waals surface area contributed by atoms with Crippen LogP contribution in [0.25, 0.3) is 0 Å². The van der Waals surface area contributed by atoms with Gasteiger partial charge in [0.1, 0.15) is 17.9 Å². The number of hydrogen-bond donors (Lipinski definition) is 2. The second kappa shape index (κ2) is 6.35. The van der Waals surface area contributed by atoms with Crippen LogP contribution in [0.3, 0.4) is 0 Å². The largest absolute Gasteiger partial charge is 0.497 e. The highest BCUT2D eigenvalue weighted by atomic mass is 16.5. The Hall–Kier alpha value is -2.43. The Morgan fingerprint density at radius 3 is 2.71 bits per heavy atom. The van der Waals surface area contributed by atoms with E-state index in [0.717, 1.165) is 22.7 Å². The molecule has 0 aliphatic heterocycles. The van der Waals surface area contributed by atoms with E-state index in [1.807, 2.05) is 45.0 Å². The molecular weight excluding hydrogens is 264 g/mol. The zero-order valence-electron chi connectivity index (χ0n) is 12.8. The molecule has 0 saturated heterocycles. The van der Waals surface area contributed by atoms with Gasteiger partial charge in [-0.1, -0.05) is 19.9 Å². The second-order valence-electron chi connectivity index (χ2n) is 5.11. The predicted molar refractivity (Wildman–Crippen MR) is 84.7 cm³/mol. The van der Waals surface area contributed by atoms with E-state index in [9.17, 15) is 0 Å². The summed E-state index contributed by atoms with van der Waals surface area (Å²) in [6, 6.07) is 7.61. The minimum atomic E-state index is 0.112. The SMILES string of the molecule is COc1cccc(Nc2ncnc(C)c2C(=N)C(C)C)c1. The maximum atomic E-state index is 8.27. The summed E-state index contributed by atoms with van der Waals surface area (Å²) in [6.45, 7) is 5.87. The van der Waals surface area contributed by atoms with Gasteiger partial charge in [-0.2, -0.15) is 0 Å². The lowest BCUT2D eigenvalue weighted by Crippen LogP contribution is -2.14. The van der Waals surface area contributed by atoms with Crippen molar-refractivity contribution in [1.29, 1.82) is 5.41 Å². The van der Waals surface area contributed by atoms with Crippen LogP contribution in [-0.4, -0.2) is 22.8 Å². The van der Waals surface area contributed by atoms with E-state index in [1.165, 1.54) is 6.33 Å². The van der Waals surface area contributed by atoms with Gasteiger partial charge in [0.25, 0.3) is 0 Å². The van der Waals surface area contributed by atoms with E-state index in [-0.39, 0.29) is 5.92 Å². The van der Waals surface area contributed by atoms with Crippen molar-refractivity contribution >= 4 is 17.2 Å². The Morgan fingerprint density at radius 2 is 2.05 bits per heavy atom. The highest BCUT2D eigenvalue weighted by molar-refractivity contribution is 6.04. The Bertz CT molecular complexity index is 652. The molecule has 21 heavy (non-hydrogen) atoms. The molecule has 1 heterocycles. The van der Waals surface area contributed by atoms with E-state index in [0.29, 0.717) is 11.5 Å². The van der Waals surface area contributed by atoms with Crippen molar-refractivity contribution in [2.75, 3.05) is 12.4 Å². The van der Waals surface area contributed by atoms with E-state index < -0.39 is 0 Å². The summed E-state index contributed by atoms with van der Waals surface area (Å²) >= 11 is 0. The van der Waals surface area contributed by atoms with Crippen molar-refractivity contribution in [2.24, 2.45) is 5.92 Å². The van der Waals surface area contributed by atoms with Gasteiger partial charge < -0.3 is 15.5 Å². The first kappa shape index (κ1) is 15.0. The number of aryl methyl sites for hydroxylation is 1. The third-order valence-corrected chi connectivity index (χ3v) is 3.22. The summed E-state index contributed by atoms with van der Waals surface area (Å²) in [5.74, 6) is 1.53. The smallest absolute Gasteiger partial charge is 0.143 e. The lowest BCUT2D eigenvalue weighted by Gasteiger charge is -2.15. The number of methoxy groups -OCH3 is 1. The number of ether oxygens (including phenoxy) is 1. The Kier molecular flexibility index (Phi) is 4.52. The molecule has 5 nitrogen and oxygen atoms in total. The van der Waals surface area contributed by atoms with Crippen molar-refractivity contribution in [3.8, 4) is 5.75 Å². The average molecular weight is 284 g/mol. The van der Waals surface area contributed by atoms with Gasteiger partial charge in [-0.25, -0.2) is 9.97 Å². The molecule has 0 aliphatic carbocycles. The molecule has 0 saturated carbocycles. The molecule has 0 fully saturated rings. The third kappa shape index (κ3) is 3.37. The predicted octanol–water partition coefficient (Wildman–Crippen LogP) is 3.56. The number of nitrogens with zero attached hydrogens (tertiary/aromatic N) is 2. The molecular formula is C16H20N4O. The van der Waals surface area contributed by atoms with Crippen molar-refractivity contribution < 1.29 is 4.74 Å². The molecule has 5 heteroatoms. The lowest BCUT2D eigenvalue weighted by molar-refractivity contribution is 0.415. The average Bonchev–Trinajstić information content (AvgIpc) is 2.47. The molecule has 0 amide bonds. The van der Waals surface area contributed by atoms with Crippen LogP contribution in [0.15, 0.2) is 30.6 Å². The van der Waals surface area contributed by atoms with Crippen LogP contribution in [0.1, 0.15) is 25.1 Å². The van der Waals surface area contributed by atoms with Gasteiger partial charge >= 0.3 is 0 Å². The first-order valence-electron chi connectivity index (χ1n) is 6.84. The number of hydrogen-bond acceptors (Lipinski definition) is 5. The zero-order valence-corrected chi connectivity index (χ0v) is 12.8. The highest BCUT2D eigenvalue weighted by Gasteiger charge is 2.16. The quantitative estimate of drug-likeness (QED) is 0.823. The fourth-order valence-electron chi connectivity index (χ4n) is 2.02. The van der Waals surface area contributed by atoms with E-state index in [4.69, 9.17) is 10.1 Å². The maximum Gasteiger partial charge on any atom is 0.143 e. The molecule has 0 unspecified atom stereocenters. The zero-order chi connectivity index (χ0) is 15.4. The van der Waals surface area contributed by atoms with Gasteiger partial charge in [-0.3, -0.25) is 0 Å². The minimum Gasteiger partial charge on any atom is -0.497 e. The van der Waals surface area contributed by atoms with Crippen LogP contribution in [0.5, 0.6) is 5.75 Å². The van der Waals surface area contributed by atoms with Crippen LogP contribution >= 0.6 is 0 Å². The van der Waals surface area contributed by atoms with Gasteiger partial charge in [0, 0.05) is 17.5 Å². The third-order valence-electron chi connectivity index (χ3n) is 3.22. The standard InChI is InChI=1S/C16H20N4O/c1-10(2)15(17)14-11(3)18-9-19-16(14)20-12-6-5-7-13(8-12)21-4/h5-10,17H,1-4H3,(H,18,19,20). The molecule has 2 N–H and O–H groups in total. The molecule has 1 aromatic carbocycles. The van der Waals surface area contributed by atoms with Crippen LogP contribution < -0.4 is 10.1 Å². The first-order chi connectivity index (χ1) is 10.0. The minimum absolute atomic E-state index is 0.112. The van der Waals surface area contributed by atoms with Gasteiger partial charge in [-0.15, -0.1) is 0 Å². The summed E-state index contributed by atoms with van der Waals surface area (Å²) in [5, 5.41) is 11.5. The number of nitrogens with one attached hydrogen (secondary N) is 2. The normalized spacial score (nSPS) is 10.5. The maximum absolute atomic E-state index is 8.27. The molecule has 2 rings (SSSR count). The molecule has 0 aliphatic rings. The number of aromatic nitrogens is 2. The van der Waals surface area contributed by atoms with Crippen molar-refractivity contribution in [3.05, 3.63) is 41.9 Å². The first-order valence-corrected chi connectivity index (χ1v) is 6.84. The van der Waals surface area contributed by atoms with Gasteiger partial charge in [-0.05, 0) is 25.0 Å². The van der Waals surface area contributed by atoms with E-state index in [1.54, 1.807) is 7.11 Å². The summed E-state index contributed by atoms with van der Waals surface area (Å²) < 4.78 is 5.22. The molecule has 110 valence electrons. The number of rotatable bonds is 5. The van der Waals surface area contributed by atoms with Crippen LogP contribution in [0.4, 0.5) is 11.5 Å². The Balaban J connectivity index is 2.40. The Morgan fingerprint density at radius 1 is 1.29 bits per heavy atom. The summed E-state index contributed by atoms with van der Waals surface area (Å²) in [4.78, 5) is 8.49. The molecule has 0 atom stereocenters. The summed E-state index contributed by atoms with van der Waals surface area (Å²) in [6.07, 6.45) is 1.51. The van der Waals surface area contributed by atoms with E-state index in [2.05, 4.69) is 15.3 Å². The molecule has 0 bridgehead atoms. The molecule has 1 aromatic heterocycles. The van der Waals surface area contributed by atoms with Crippen molar-refractivity contribution in [2.45, 2.75) is 20.8 Å². The molecule has 0 spiro atoms. The topological polar surface area (TPSA) is 70.9 Å². The van der Waals surface area contributed by atoms with Crippen molar-refractivity contribution in [1.82, 2.24) is 9.97 Å². The van der Waals surface area contributed by atoms with Gasteiger partial charge in [0.05, 0.1) is 18.4 Å². The van der Waals surface area contributed by atoms with Crippen molar-refractivity contribution in [3.63, 3.8) is 0 Å². The summed E-state index contributed by atoms with van der Waals surface area (Å²) in [5.41, 5.74) is 2.95.